The Morgan fingerprint density at radius 3 is 2.54 bits per heavy atom. The van der Waals surface area contributed by atoms with Crippen LogP contribution in [0.1, 0.15) is 31.1 Å². The van der Waals surface area contributed by atoms with E-state index in [4.69, 9.17) is 5.73 Å². The summed E-state index contributed by atoms with van der Waals surface area (Å²) in [5.41, 5.74) is 6.30. The predicted molar refractivity (Wildman–Crippen MR) is 51.1 cm³/mol. The first-order chi connectivity index (χ1) is 5.91. The van der Waals surface area contributed by atoms with Crippen molar-refractivity contribution in [3.63, 3.8) is 0 Å². The van der Waals surface area contributed by atoms with Crippen molar-refractivity contribution in [2.24, 2.45) is 5.73 Å². The minimum atomic E-state index is -1.17. The minimum Gasteiger partial charge on any atom is -0.323 e. The van der Waals surface area contributed by atoms with Gasteiger partial charge in [-0.1, -0.05) is 6.07 Å². The zero-order valence-corrected chi connectivity index (χ0v) is 8.21. The third-order valence-corrected chi connectivity index (χ3v) is 1.84. The standard InChI is InChI=1S/C10H15FN2/c1-7-4-8(6-13-5-7)9(11)10(2,3)12/h4-6,9H,12H2,1-3H3. The number of pyridine rings is 1. The second-order valence-electron chi connectivity index (χ2n) is 3.98. The lowest BCUT2D eigenvalue weighted by molar-refractivity contribution is 0.223. The maximum Gasteiger partial charge on any atom is 0.144 e. The summed E-state index contributed by atoms with van der Waals surface area (Å²) in [6, 6.07) is 1.77. The fraction of sp³-hybridized carbons (Fsp3) is 0.500. The van der Waals surface area contributed by atoms with Crippen LogP contribution in [-0.2, 0) is 0 Å². The lowest BCUT2D eigenvalue weighted by Crippen LogP contribution is -2.37. The summed E-state index contributed by atoms with van der Waals surface area (Å²) in [6.45, 7) is 5.22. The molecule has 1 aromatic heterocycles. The van der Waals surface area contributed by atoms with Crippen molar-refractivity contribution in [1.29, 1.82) is 0 Å². The summed E-state index contributed by atoms with van der Waals surface area (Å²) < 4.78 is 13.7. The van der Waals surface area contributed by atoms with Crippen LogP contribution in [0.5, 0.6) is 0 Å². The molecule has 0 fully saturated rings. The molecule has 3 heteroatoms. The van der Waals surface area contributed by atoms with E-state index in [0.29, 0.717) is 5.56 Å². The molecule has 0 radical (unpaired) electrons. The van der Waals surface area contributed by atoms with E-state index in [1.807, 2.05) is 6.92 Å². The van der Waals surface area contributed by atoms with Gasteiger partial charge in [-0.15, -0.1) is 0 Å². The Balaban J connectivity index is 2.96. The van der Waals surface area contributed by atoms with Crippen LogP contribution >= 0.6 is 0 Å². The van der Waals surface area contributed by atoms with Gasteiger partial charge in [-0.25, -0.2) is 4.39 Å². The van der Waals surface area contributed by atoms with E-state index in [1.165, 1.54) is 6.20 Å². The number of alkyl halides is 1. The molecule has 0 saturated heterocycles. The van der Waals surface area contributed by atoms with Gasteiger partial charge in [-0.3, -0.25) is 4.98 Å². The summed E-state index contributed by atoms with van der Waals surface area (Å²) in [7, 11) is 0. The molecule has 0 aliphatic carbocycles. The molecule has 1 rings (SSSR count). The Kier molecular flexibility index (Phi) is 2.66. The number of rotatable bonds is 2. The Morgan fingerprint density at radius 1 is 1.46 bits per heavy atom. The second kappa shape index (κ2) is 3.42. The van der Waals surface area contributed by atoms with Gasteiger partial charge in [0.05, 0.1) is 0 Å². The van der Waals surface area contributed by atoms with E-state index in [9.17, 15) is 4.39 Å². The van der Waals surface area contributed by atoms with Crippen molar-refractivity contribution in [3.05, 3.63) is 29.6 Å². The van der Waals surface area contributed by atoms with E-state index in [1.54, 1.807) is 26.1 Å². The highest BCUT2D eigenvalue weighted by Gasteiger charge is 2.26. The molecule has 0 aromatic carbocycles. The largest absolute Gasteiger partial charge is 0.323 e. The fourth-order valence-electron chi connectivity index (χ4n) is 1.15. The van der Waals surface area contributed by atoms with Crippen molar-refractivity contribution < 1.29 is 4.39 Å². The number of halogens is 1. The smallest absolute Gasteiger partial charge is 0.144 e. The molecule has 1 atom stereocenters. The minimum absolute atomic E-state index is 0.549. The molecule has 0 spiro atoms. The van der Waals surface area contributed by atoms with E-state index < -0.39 is 11.7 Å². The molecule has 1 aromatic rings. The van der Waals surface area contributed by atoms with Crippen molar-refractivity contribution in [3.8, 4) is 0 Å². The van der Waals surface area contributed by atoms with Gasteiger partial charge < -0.3 is 5.73 Å². The zero-order chi connectivity index (χ0) is 10.1. The third-order valence-electron chi connectivity index (χ3n) is 1.84. The average Bonchev–Trinajstić information content (AvgIpc) is 2.01. The SMILES string of the molecule is Cc1cncc(C(F)C(C)(C)N)c1. The van der Waals surface area contributed by atoms with E-state index in [0.717, 1.165) is 5.56 Å². The summed E-state index contributed by atoms with van der Waals surface area (Å²) in [5.74, 6) is 0. The van der Waals surface area contributed by atoms with Crippen LogP contribution in [0.3, 0.4) is 0 Å². The van der Waals surface area contributed by atoms with E-state index >= 15 is 0 Å². The monoisotopic (exact) mass is 182 g/mol. The van der Waals surface area contributed by atoms with Crippen LogP contribution in [0.25, 0.3) is 0 Å². The number of nitrogens with two attached hydrogens (primary N) is 1. The molecular weight excluding hydrogens is 167 g/mol. The number of nitrogens with zero attached hydrogens (tertiary/aromatic N) is 1. The molecule has 72 valence electrons. The van der Waals surface area contributed by atoms with Gasteiger partial charge in [-0.05, 0) is 26.3 Å². The number of aromatic nitrogens is 1. The van der Waals surface area contributed by atoms with Crippen molar-refractivity contribution in [2.75, 3.05) is 0 Å². The first-order valence-electron chi connectivity index (χ1n) is 4.26. The number of hydrogen-bond acceptors (Lipinski definition) is 2. The molecule has 2 nitrogen and oxygen atoms in total. The summed E-state index contributed by atoms with van der Waals surface area (Å²) in [4.78, 5) is 3.92. The highest BCUT2D eigenvalue weighted by Crippen LogP contribution is 2.27. The van der Waals surface area contributed by atoms with Gasteiger partial charge in [0.25, 0.3) is 0 Å². The van der Waals surface area contributed by atoms with E-state index in [-0.39, 0.29) is 0 Å². The van der Waals surface area contributed by atoms with Crippen molar-refractivity contribution in [1.82, 2.24) is 4.98 Å². The van der Waals surface area contributed by atoms with Gasteiger partial charge >= 0.3 is 0 Å². The topological polar surface area (TPSA) is 38.9 Å². The summed E-state index contributed by atoms with van der Waals surface area (Å²) in [6.07, 6.45) is 2.05. The van der Waals surface area contributed by atoms with E-state index in [2.05, 4.69) is 4.98 Å². The first-order valence-corrected chi connectivity index (χ1v) is 4.26. The first kappa shape index (κ1) is 10.1. The Hall–Kier alpha value is -0.960. The van der Waals surface area contributed by atoms with Gasteiger partial charge in [0.1, 0.15) is 6.17 Å². The Morgan fingerprint density at radius 2 is 2.08 bits per heavy atom. The maximum absolute atomic E-state index is 13.7. The van der Waals surface area contributed by atoms with Gasteiger partial charge in [0, 0.05) is 23.5 Å². The molecule has 0 amide bonds. The highest BCUT2D eigenvalue weighted by molar-refractivity contribution is 5.21. The molecule has 1 unspecified atom stereocenters. The van der Waals surface area contributed by atoms with Crippen LogP contribution in [0, 0.1) is 6.92 Å². The highest BCUT2D eigenvalue weighted by atomic mass is 19.1. The molecule has 0 aliphatic rings. The van der Waals surface area contributed by atoms with Gasteiger partial charge in [-0.2, -0.15) is 0 Å². The molecular formula is C10H15FN2. The molecule has 2 N–H and O–H groups in total. The van der Waals surface area contributed by atoms with Crippen LogP contribution in [-0.4, -0.2) is 10.5 Å². The Bertz CT molecular complexity index is 291. The third kappa shape index (κ3) is 2.49. The zero-order valence-electron chi connectivity index (χ0n) is 8.21. The number of hydrogen-bond donors (Lipinski definition) is 1. The average molecular weight is 182 g/mol. The van der Waals surface area contributed by atoms with Gasteiger partial charge in [0.15, 0.2) is 0 Å². The van der Waals surface area contributed by atoms with Crippen molar-refractivity contribution >= 4 is 0 Å². The van der Waals surface area contributed by atoms with Crippen LogP contribution in [0.15, 0.2) is 18.5 Å². The van der Waals surface area contributed by atoms with Gasteiger partial charge in [0.2, 0.25) is 0 Å². The molecule has 0 aliphatic heterocycles. The fourth-order valence-corrected chi connectivity index (χ4v) is 1.15. The lowest BCUT2D eigenvalue weighted by atomic mass is 9.94. The summed E-state index contributed by atoms with van der Waals surface area (Å²) in [5, 5.41) is 0. The molecule has 0 saturated carbocycles. The maximum atomic E-state index is 13.7. The second-order valence-corrected chi connectivity index (χ2v) is 3.98. The number of aryl methyl sites for hydroxylation is 1. The molecule has 1 heterocycles. The molecule has 0 bridgehead atoms. The predicted octanol–water partition coefficient (Wildman–Crippen LogP) is 2.14. The van der Waals surface area contributed by atoms with Crippen LogP contribution in [0.4, 0.5) is 4.39 Å². The van der Waals surface area contributed by atoms with Crippen molar-refractivity contribution in [2.45, 2.75) is 32.5 Å². The Labute approximate surface area is 78.0 Å². The van der Waals surface area contributed by atoms with Crippen LogP contribution < -0.4 is 5.73 Å². The van der Waals surface area contributed by atoms with Crippen LogP contribution in [0.2, 0.25) is 0 Å². The quantitative estimate of drug-likeness (QED) is 0.761. The normalized spacial score (nSPS) is 14.2. The lowest BCUT2D eigenvalue weighted by Gasteiger charge is -2.23. The summed E-state index contributed by atoms with van der Waals surface area (Å²) >= 11 is 0. The molecule has 13 heavy (non-hydrogen) atoms.